The van der Waals surface area contributed by atoms with Gasteiger partial charge in [0.1, 0.15) is 0 Å². The van der Waals surface area contributed by atoms with Gasteiger partial charge in [0, 0.05) is 37.7 Å². The van der Waals surface area contributed by atoms with Gasteiger partial charge < -0.3 is 5.32 Å². The monoisotopic (exact) mass is 224 g/mol. The molecule has 1 fully saturated rings. The number of nitrogens with one attached hydrogen (secondary N) is 1. The van der Waals surface area contributed by atoms with Crippen LogP contribution >= 0.6 is 11.6 Å². The molecule has 0 atom stereocenters. The summed E-state index contributed by atoms with van der Waals surface area (Å²) in [5.74, 6) is 0. The number of halogens is 1. The first kappa shape index (κ1) is 10.9. The van der Waals surface area contributed by atoms with Crippen molar-refractivity contribution in [3.05, 3.63) is 34.3 Å². The van der Waals surface area contributed by atoms with Crippen LogP contribution < -0.4 is 5.32 Å². The van der Waals surface area contributed by atoms with Gasteiger partial charge in [-0.25, -0.2) is 0 Å². The molecule has 1 aromatic carbocycles. The largest absolute Gasteiger partial charge is 0.314 e. The van der Waals surface area contributed by atoms with E-state index in [1.807, 2.05) is 0 Å². The molecule has 15 heavy (non-hydrogen) atoms. The minimum atomic E-state index is 0.927. The van der Waals surface area contributed by atoms with Gasteiger partial charge in [-0.1, -0.05) is 29.8 Å². The third kappa shape index (κ3) is 2.71. The number of hydrogen-bond acceptors (Lipinski definition) is 2. The van der Waals surface area contributed by atoms with Crippen molar-refractivity contribution < 1.29 is 0 Å². The number of nitrogens with zero attached hydrogens (tertiary/aromatic N) is 1. The normalized spacial score (nSPS) is 18.0. The van der Waals surface area contributed by atoms with Crippen LogP contribution in [0.1, 0.15) is 11.1 Å². The minimum absolute atomic E-state index is 0.927. The molecule has 0 radical (unpaired) electrons. The van der Waals surface area contributed by atoms with Crippen LogP contribution in [0.5, 0.6) is 0 Å². The van der Waals surface area contributed by atoms with Gasteiger partial charge in [0.15, 0.2) is 0 Å². The fourth-order valence-electron chi connectivity index (χ4n) is 1.94. The molecule has 1 aliphatic heterocycles. The molecule has 1 aromatic rings. The number of aryl methyl sites for hydroxylation is 1. The van der Waals surface area contributed by atoms with Gasteiger partial charge >= 0.3 is 0 Å². The van der Waals surface area contributed by atoms with Crippen LogP contribution in [-0.2, 0) is 6.54 Å². The maximum absolute atomic E-state index is 6.27. The van der Waals surface area contributed by atoms with Crippen LogP contribution in [0.2, 0.25) is 5.02 Å². The third-order valence-corrected chi connectivity index (χ3v) is 3.42. The lowest BCUT2D eigenvalue weighted by Gasteiger charge is -2.27. The lowest BCUT2D eigenvalue weighted by Crippen LogP contribution is -2.42. The zero-order chi connectivity index (χ0) is 10.7. The smallest absolute Gasteiger partial charge is 0.0480 e. The predicted molar refractivity (Wildman–Crippen MR) is 64.3 cm³/mol. The SMILES string of the molecule is Cc1cccc(CN2CCNCC2)c1Cl. The highest BCUT2D eigenvalue weighted by Gasteiger charge is 2.11. The van der Waals surface area contributed by atoms with Crippen LogP contribution in [0.15, 0.2) is 18.2 Å². The van der Waals surface area contributed by atoms with Crippen molar-refractivity contribution in [3.63, 3.8) is 0 Å². The Morgan fingerprint density at radius 1 is 1.33 bits per heavy atom. The Balaban J connectivity index is 2.06. The highest BCUT2D eigenvalue weighted by atomic mass is 35.5. The molecule has 2 nitrogen and oxygen atoms in total. The van der Waals surface area contributed by atoms with Crippen molar-refractivity contribution in [1.82, 2.24) is 10.2 Å². The molecule has 0 unspecified atom stereocenters. The summed E-state index contributed by atoms with van der Waals surface area (Å²) >= 11 is 6.27. The lowest BCUT2D eigenvalue weighted by atomic mass is 10.1. The summed E-state index contributed by atoms with van der Waals surface area (Å²) in [6, 6.07) is 6.26. The molecule has 0 bridgehead atoms. The summed E-state index contributed by atoms with van der Waals surface area (Å²) in [7, 11) is 0. The Bertz CT molecular complexity index is 332. The van der Waals surface area contributed by atoms with E-state index in [0.717, 1.165) is 37.7 Å². The van der Waals surface area contributed by atoms with Crippen LogP contribution in [0.4, 0.5) is 0 Å². The second-order valence-corrected chi connectivity index (χ2v) is 4.45. The molecule has 0 spiro atoms. The molecule has 0 aliphatic carbocycles. The van der Waals surface area contributed by atoms with Crippen LogP contribution in [0.3, 0.4) is 0 Å². The van der Waals surface area contributed by atoms with Gasteiger partial charge in [-0.15, -0.1) is 0 Å². The number of hydrogen-bond donors (Lipinski definition) is 1. The van der Waals surface area contributed by atoms with E-state index in [4.69, 9.17) is 11.6 Å². The average molecular weight is 225 g/mol. The van der Waals surface area contributed by atoms with Gasteiger partial charge in [0.2, 0.25) is 0 Å². The topological polar surface area (TPSA) is 15.3 Å². The maximum atomic E-state index is 6.27. The van der Waals surface area contributed by atoms with Gasteiger partial charge in [-0.2, -0.15) is 0 Å². The third-order valence-electron chi connectivity index (χ3n) is 2.88. The average Bonchev–Trinajstić information content (AvgIpc) is 2.26. The molecule has 3 heteroatoms. The second-order valence-electron chi connectivity index (χ2n) is 4.07. The highest BCUT2D eigenvalue weighted by Crippen LogP contribution is 2.21. The zero-order valence-electron chi connectivity index (χ0n) is 9.09. The fraction of sp³-hybridized carbons (Fsp3) is 0.500. The van der Waals surface area contributed by atoms with E-state index >= 15 is 0 Å². The number of rotatable bonds is 2. The number of benzene rings is 1. The molecule has 0 amide bonds. The zero-order valence-corrected chi connectivity index (χ0v) is 9.85. The molecule has 1 N–H and O–H groups in total. The van der Waals surface area contributed by atoms with Gasteiger partial charge in [0.05, 0.1) is 0 Å². The second kappa shape index (κ2) is 4.97. The Hall–Kier alpha value is -0.570. The van der Waals surface area contributed by atoms with Gasteiger partial charge in [0.25, 0.3) is 0 Å². The van der Waals surface area contributed by atoms with E-state index < -0.39 is 0 Å². The summed E-state index contributed by atoms with van der Waals surface area (Å²) < 4.78 is 0. The molecular formula is C12H17ClN2. The molecule has 1 saturated heterocycles. The summed E-state index contributed by atoms with van der Waals surface area (Å²) in [6.07, 6.45) is 0. The number of piperazine rings is 1. The lowest BCUT2D eigenvalue weighted by molar-refractivity contribution is 0.233. The van der Waals surface area contributed by atoms with Crippen molar-refractivity contribution in [2.75, 3.05) is 26.2 Å². The first-order valence-electron chi connectivity index (χ1n) is 5.44. The first-order valence-corrected chi connectivity index (χ1v) is 5.82. The molecular weight excluding hydrogens is 208 g/mol. The van der Waals surface area contributed by atoms with E-state index in [1.54, 1.807) is 0 Å². The molecule has 0 aromatic heterocycles. The summed E-state index contributed by atoms with van der Waals surface area (Å²) in [6.45, 7) is 7.44. The van der Waals surface area contributed by atoms with E-state index in [2.05, 4.69) is 35.3 Å². The van der Waals surface area contributed by atoms with Gasteiger partial charge in [-0.3, -0.25) is 4.90 Å². The van der Waals surface area contributed by atoms with Crippen LogP contribution in [-0.4, -0.2) is 31.1 Å². The fourth-order valence-corrected chi connectivity index (χ4v) is 2.13. The van der Waals surface area contributed by atoms with Crippen molar-refractivity contribution in [1.29, 1.82) is 0 Å². The van der Waals surface area contributed by atoms with E-state index in [0.29, 0.717) is 0 Å². The summed E-state index contributed by atoms with van der Waals surface area (Å²) in [4.78, 5) is 2.44. The molecule has 2 rings (SSSR count). The Labute approximate surface area is 96.2 Å². The van der Waals surface area contributed by atoms with E-state index in [1.165, 1.54) is 11.1 Å². The van der Waals surface area contributed by atoms with Crippen molar-refractivity contribution in [2.24, 2.45) is 0 Å². The highest BCUT2D eigenvalue weighted by molar-refractivity contribution is 6.32. The van der Waals surface area contributed by atoms with Crippen molar-refractivity contribution >= 4 is 11.6 Å². The van der Waals surface area contributed by atoms with Crippen molar-refractivity contribution in [3.8, 4) is 0 Å². The predicted octanol–water partition coefficient (Wildman–Crippen LogP) is 2.05. The molecule has 82 valence electrons. The first-order chi connectivity index (χ1) is 7.27. The molecule has 0 saturated carbocycles. The Morgan fingerprint density at radius 3 is 2.80 bits per heavy atom. The summed E-state index contributed by atoms with van der Waals surface area (Å²) in [5.41, 5.74) is 2.42. The van der Waals surface area contributed by atoms with E-state index in [9.17, 15) is 0 Å². The maximum Gasteiger partial charge on any atom is 0.0480 e. The Morgan fingerprint density at radius 2 is 2.07 bits per heavy atom. The Kier molecular flexibility index (Phi) is 3.62. The quantitative estimate of drug-likeness (QED) is 0.828. The standard InChI is InChI=1S/C12H17ClN2/c1-10-3-2-4-11(12(10)13)9-15-7-5-14-6-8-15/h2-4,14H,5-9H2,1H3. The van der Waals surface area contributed by atoms with Gasteiger partial charge in [-0.05, 0) is 18.1 Å². The molecule has 1 heterocycles. The van der Waals surface area contributed by atoms with E-state index in [-0.39, 0.29) is 0 Å². The van der Waals surface area contributed by atoms with Crippen molar-refractivity contribution in [2.45, 2.75) is 13.5 Å². The summed E-state index contributed by atoms with van der Waals surface area (Å²) in [5, 5.41) is 4.28. The van der Waals surface area contributed by atoms with Crippen LogP contribution in [0.25, 0.3) is 0 Å². The minimum Gasteiger partial charge on any atom is -0.314 e. The molecule has 1 aliphatic rings. The van der Waals surface area contributed by atoms with Crippen LogP contribution in [0, 0.1) is 6.92 Å².